The van der Waals surface area contributed by atoms with E-state index in [1.54, 1.807) is 4.90 Å². The second kappa shape index (κ2) is 16.3. The molecule has 0 bridgehead atoms. The zero-order chi connectivity index (χ0) is 29.9. The highest BCUT2D eigenvalue weighted by Crippen LogP contribution is 2.46. The van der Waals surface area contributed by atoms with Crippen LogP contribution in [0.25, 0.3) is 11.1 Å². The summed E-state index contributed by atoms with van der Waals surface area (Å²) >= 11 is 0. The van der Waals surface area contributed by atoms with Crippen LogP contribution in [0.5, 0.6) is 0 Å². The fraction of sp³-hybridized carbons (Fsp3) is 0.559. The van der Waals surface area contributed by atoms with Crippen molar-refractivity contribution < 1.29 is 38.3 Å². The number of aliphatic hydroxyl groups is 1. The standard InChI is InChI=1S/C34H45NO8/c1-2-42-34-29(11-6-14-36)31(28-10-5-9-27-26-8-4-3-7-25(26)23-30(27)28)24-32(43-34)33(37)35-12-15-38-17-19-40-21-22-41-20-18-39-16-13-35/h3-5,7-10,24,29,31,34,36H,2,6,11-23H2,1H3/t29-,31-,34-/m0/s1. The number of carbonyl (C=O) groups excluding carboxylic acids is 1. The molecule has 1 saturated heterocycles. The normalized spacial score (nSPS) is 23.7. The van der Waals surface area contributed by atoms with Crippen molar-refractivity contribution in [2.75, 3.05) is 79.2 Å². The van der Waals surface area contributed by atoms with E-state index in [1.165, 1.54) is 27.8 Å². The fourth-order valence-corrected chi connectivity index (χ4v) is 6.19. The van der Waals surface area contributed by atoms with Crippen molar-refractivity contribution in [3.63, 3.8) is 0 Å². The Hall–Kier alpha value is -2.79. The van der Waals surface area contributed by atoms with E-state index < -0.39 is 6.29 Å². The molecule has 3 atom stereocenters. The Morgan fingerprint density at radius 3 is 2.21 bits per heavy atom. The Morgan fingerprint density at radius 2 is 1.53 bits per heavy atom. The summed E-state index contributed by atoms with van der Waals surface area (Å²) < 4.78 is 35.1. The van der Waals surface area contributed by atoms with Crippen molar-refractivity contribution in [1.29, 1.82) is 0 Å². The highest BCUT2D eigenvalue weighted by Gasteiger charge is 2.40. The van der Waals surface area contributed by atoms with E-state index in [4.69, 9.17) is 28.4 Å². The summed E-state index contributed by atoms with van der Waals surface area (Å²) in [5, 5.41) is 9.74. The summed E-state index contributed by atoms with van der Waals surface area (Å²) in [6.07, 6.45) is 3.54. The topological polar surface area (TPSA) is 95.9 Å². The molecular weight excluding hydrogens is 550 g/mol. The molecule has 2 aromatic carbocycles. The van der Waals surface area contributed by atoms with Crippen LogP contribution in [0.15, 0.2) is 54.3 Å². The lowest BCUT2D eigenvalue weighted by atomic mass is 9.78. The number of amides is 1. The summed E-state index contributed by atoms with van der Waals surface area (Å²) in [4.78, 5) is 15.8. The average molecular weight is 596 g/mol. The summed E-state index contributed by atoms with van der Waals surface area (Å²) in [6, 6.07) is 15.0. The van der Waals surface area contributed by atoms with E-state index >= 15 is 0 Å². The number of allylic oxidation sites excluding steroid dienone is 1. The number of ether oxygens (including phenoxy) is 6. The molecule has 5 rings (SSSR count). The molecule has 9 nitrogen and oxygen atoms in total. The van der Waals surface area contributed by atoms with Gasteiger partial charge >= 0.3 is 0 Å². The van der Waals surface area contributed by atoms with Gasteiger partial charge in [0, 0.05) is 38.1 Å². The quantitative estimate of drug-likeness (QED) is 0.439. The van der Waals surface area contributed by atoms with Crippen molar-refractivity contribution in [3.05, 3.63) is 71.0 Å². The summed E-state index contributed by atoms with van der Waals surface area (Å²) in [5.41, 5.74) is 6.27. The van der Waals surface area contributed by atoms with Crippen LogP contribution in [0.1, 0.15) is 42.4 Å². The van der Waals surface area contributed by atoms with Gasteiger partial charge in [-0.15, -0.1) is 0 Å². The molecule has 43 heavy (non-hydrogen) atoms. The molecule has 0 saturated carbocycles. The third-order valence-electron chi connectivity index (χ3n) is 8.28. The number of fused-ring (bicyclic) bond motifs is 3. The van der Waals surface area contributed by atoms with E-state index in [2.05, 4.69) is 42.5 Å². The van der Waals surface area contributed by atoms with Gasteiger partial charge in [-0.1, -0.05) is 42.5 Å². The smallest absolute Gasteiger partial charge is 0.288 e. The molecule has 1 amide bonds. The van der Waals surface area contributed by atoms with Crippen molar-refractivity contribution in [1.82, 2.24) is 4.90 Å². The number of hydrogen-bond acceptors (Lipinski definition) is 8. The molecule has 0 aromatic heterocycles. The number of carbonyl (C=O) groups is 1. The maximum absolute atomic E-state index is 14.1. The number of rotatable bonds is 7. The first-order valence-corrected chi connectivity index (χ1v) is 15.6. The average Bonchev–Trinajstić information content (AvgIpc) is 3.41. The number of hydrogen-bond donors (Lipinski definition) is 1. The molecule has 234 valence electrons. The first-order valence-electron chi connectivity index (χ1n) is 15.6. The van der Waals surface area contributed by atoms with Crippen LogP contribution >= 0.6 is 0 Å². The summed E-state index contributed by atoms with van der Waals surface area (Å²) in [7, 11) is 0. The van der Waals surface area contributed by atoms with Gasteiger partial charge in [0.25, 0.3) is 5.91 Å². The van der Waals surface area contributed by atoms with E-state index in [0.29, 0.717) is 85.4 Å². The summed E-state index contributed by atoms with van der Waals surface area (Å²) in [5.74, 6) is -0.115. The van der Waals surface area contributed by atoms with Crippen molar-refractivity contribution >= 4 is 5.91 Å². The number of aliphatic hydroxyl groups excluding tert-OH is 1. The van der Waals surface area contributed by atoms with Crippen molar-refractivity contribution in [2.45, 2.75) is 38.4 Å². The minimum Gasteiger partial charge on any atom is -0.459 e. The first-order chi connectivity index (χ1) is 21.2. The van der Waals surface area contributed by atoms with Crippen molar-refractivity contribution in [3.8, 4) is 11.1 Å². The highest BCUT2D eigenvalue weighted by atomic mass is 16.7. The molecule has 2 aromatic rings. The molecule has 1 fully saturated rings. The molecular formula is C34H45NO8. The molecule has 1 aliphatic carbocycles. The molecule has 1 N–H and O–H groups in total. The van der Waals surface area contributed by atoms with Crippen LogP contribution in [0.3, 0.4) is 0 Å². The highest BCUT2D eigenvalue weighted by molar-refractivity contribution is 5.92. The number of benzene rings is 2. The van der Waals surface area contributed by atoms with E-state index in [0.717, 1.165) is 6.42 Å². The van der Waals surface area contributed by atoms with Gasteiger partial charge in [-0.05, 0) is 60.1 Å². The second-order valence-electron chi connectivity index (χ2n) is 11.0. The zero-order valence-electron chi connectivity index (χ0n) is 25.2. The molecule has 0 radical (unpaired) electrons. The maximum atomic E-state index is 14.1. The fourth-order valence-electron chi connectivity index (χ4n) is 6.19. The molecule has 9 heteroatoms. The minimum absolute atomic E-state index is 0.0616. The van der Waals surface area contributed by atoms with Gasteiger partial charge in [0.05, 0.1) is 52.9 Å². The monoisotopic (exact) mass is 595 g/mol. The van der Waals surface area contributed by atoms with Crippen LogP contribution in [0.2, 0.25) is 0 Å². The van der Waals surface area contributed by atoms with Crippen LogP contribution in [0, 0.1) is 5.92 Å². The van der Waals surface area contributed by atoms with E-state index in [9.17, 15) is 9.90 Å². The predicted octanol–water partition coefficient (Wildman–Crippen LogP) is 3.92. The van der Waals surface area contributed by atoms with Gasteiger partial charge in [-0.25, -0.2) is 0 Å². The Morgan fingerprint density at radius 1 is 0.884 bits per heavy atom. The van der Waals surface area contributed by atoms with Crippen LogP contribution in [-0.4, -0.2) is 101 Å². The molecule has 0 spiro atoms. The minimum atomic E-state index is -0.615. The molecule has 3 aliphatic rings. The van der Waals surface area contributed by atoms with E-state index in [1.807, 2.05) is 13.0 Å². The Balaban J connectivity index is 1.44. The molecule has 0 unspecified atom stereocenters. The van der Waals surface area contributed by atoms with Gasteiger partial charge in [0.2, 0.25) is 6.29 Å². The third-order valence-corrected chi connectivity index (χ3v) is 8.28. The van der Waals surface area contributed by atoms with Gasteiger partial charge in [0.1, 0.15) is 0 Å². The second-order valence-corrected chi connectivity index (χ2v) is 11.0. The maximum Gasteiger partial charge on any atom is 0.288 e. The van der Waals surface area contributed by atoms with Gasteiger partial charge in [0.15, 0.2) is 5.76 Å². The zero-order valence-corrected chi connectivity index (χ0v) is 25.2. The third kappa shape index (κ3) is 8.03. The predicted molar refractivity (Wildman–Crippen MR) is 162 cm³/mol. The SMILES string of the molecule is CCO[C@H]1OC(C(=O)N2CCOCCOCCOCCOCC2)=C[C@@H](c2cccc3c2Cc2ccccc2-3)[C@@H]1CCCO. The lowest BCUT2D eigenvalue weighted by Gasteiger charge is -2.38. The lowest BCUT2D eigenvalue weighted by molar-refractivity contribution is -0.170. The molecule has 2 aliphatic heterocycles. The van der Waals surface area contributed by atoms with Crippen molar-refractivity contribution in [2.24, 2.45) is 5.92 Å². The van der Waals surface area contributed by atoms with Crippen LogP contribution < -0.4 is 0 Å². The lowest BCUT2D eigenvalue weighted by Crippen LogP contribution is -2.43. The first kappa shape index (κ1) is 31.6. The van der Waals surface area contributed by atoms with Gasteiger partial charge in [-0.3, -0.25) is 4.79 Å². The Labute approximate surface area is 254 Å². The number of nitrogens with zero attached hydrogens (tertiary/aromatic N) is 1. The van der Waals surface area contributed by atoms with Crippen LogP contribution in [-0.2, 0) is 39.6 Å². The Bertz CT molecular complexity index is 1200. The Kier molecular flexibility index (Phi) is 12.0. The molecule has 2 heterocycles. The summed E-state index contributed by atoms with van der Waals surface area (Å²) in [6.45, 7) is 6.87. The van der Waals surface area contributed by atoms with E-state index in [-0.39, 0.29) is 30.1 Å². The van der Waals surface area contributed by atoms with Gasteiger partial charge < -0.3 is 38.4 Å². The van der Waals surface area contributed by atoms with Gasteiger partial charge in [-0.2, -0.15) is 0 Å². The van der Waals surface area contributed by atoms with Crippen LogP contribution in [0.4, 0.5) is 0 Å². The largest absolute Gasteiger partial charge is 0.459 e.